The molecule has 0 bridgehead atoms. The number of amides is 3. The molecule has 17 heavy (non-hydrogen) atoms. The summed E-state index contributed by atoms with van der Waals surface area (Å²) in [5.74, 6) is -2.02. The van der Waals surface area contributed by atoms with Crippen molar-refractivity contribution in [3.05, 3.63) is 0 Å². The van der Waals surface area contributed by atoms with Crippen LogP contribution in [0.4, 0.5) is 4.79 Å². The second-order valence-electron chi connectivity index (χ2n) is 3.41. The van der Waals surface area contributed by atoms with Crippen LogP contribution < -0.4 is 10.4 Å². The van der Waals surface area contributed by atoms with Gasteiger partial charge in [-0.15, -0.1) is 0 Å². The van der Waals surface area contributed by atoms with Gasteiger partial charge >= 0.3 is 6.03 Å². The van der Waals surface area contributed by atoms with Gasteiger partial charge in [0.05, 0.1) is 17.7 Å². The molecule has 0 radical (unpaired) electrons. The van der Waals surface area contributed by atoms with E-state index in [1.807, 2.05) is 0 Å². The molecule has 0 spiro atoms. The zero-order valence-electron chi connectivity index (χ0n) is 8.84. The van der Waals surface area contributed by atoms with Gasteiger partial charge in [0.1, 0.15) is 6.04 Å². The fraction of sp³-hybridized carbons (Fsp3) is 0.556. The Bertz CT molecular complexity index is 392. The Balaban J connectivity index is 2.49. The number of hydrogen-bond donors (Lipinski definition) is 1. The van der Waals surface area contributed by atoms with E-state index >= 15 is 0 Å². The Hall–Kier alpha value is -1.79. The topological polar surface area (TPSA) is 102 Å². The van der Waals surface area contributed by atoms with Crippen molar-refractivity contribution in [3.63, 3.8) is 0 Å². The number of carbonyl (C=O) groups is 3. The molecule has 1 saturated heterocycles. The molecule has 0 aromatic rings. The van der Waals surface area contributed by atoms with Crippen LogP contribution in [0.3, 0.4) is 0 Å². The summed E-state index contributed by atoms with van der Waals surface area (Å²) in [5, 5.41) is 14.9. The Kier molecular flexibility index (Phi) is 4.74. The molecule has 0 saturated carbocycles. The molecule has 92 valence electrons. The number of nitrogens with one attached hydrogen (secondary N) is 1. The molecule has 1 aliphatic heterocycles. The van der Waals surface area contributed by atoms with Crippen LogP contribution in [0.25, 0.3) is 0 Å². The predicted molar refractivity (Wildman–Crippen MR) is 58.2 cm³/mol. The van der Waals surface area contributed by atoms with E-state index in [0.29, 0.717) is 24.3 Å². The number of carboxylic acid groups (broad SMARTS) is 1. The first-order valence-corrected chi connectivity index (χ1v) is 5.32. The van der Waals surface area contributed by atoms with Gasteiger partial charge in [-0.2, -0.15) is 0 Å². The van der Waals surface area contributed by atoms with Gasteiger partial charge in [0.25, 0.3) is 5.91 Å². The molecule has 7 nitrogen and oxygen atoms in total. The monoisotopic (exact) mass is 256 g/mol. The Morgan fingerprint density at radius 3 is 2.88 bits per heavy atom. The molecular weight excluding hydrogens is 246 g/mol. The van der Waals surface area contributed by atoms with Crippen LogP contribution in [0.5, 0.6) is 0 Å². The standard InChI is InChI=1S/C9H11N3O4S/c13-7(14)4-12-8(15)6(11-9(12)16)2-1-3-10-5-17/h6H,1-4H2,(H,11,16)(H,13,14)/p-1. The summed E-state index contributed by atoms with van der Waals surface area (Å²) in [6.07, 6.45) is 0.939. The van der Waals surface area contributed by atoms with Crippen LogP contribution in [-0.2, 0) is 9.59 Å². The first kappa shape index (κ1) is 13.3. The normalized spacial score (nSPS) is 18.8. The molecule has 0 aromatic heterocycles. The van der Waals surface area contributed by atoms with Crippen molar-refractivity contribution in [2.24, 2.45) is 4.99 Å². The summed E-state index contributed by atoms with van der Waals surface area (Å²) in [4.78, 5) is 37.5. The predicted octanol–water partition coefficient (Wildman–Crippen LogP) is -1.46. The van der Waals surface area contributed by atoms with Crippen molar-refractivity contribution < 1.29 is 19.5 Å². The summed E-state index contributed by atoms with van der Waals surface area (Å²) < 4.78 is 0. The van der Waals surface area contributed by atoms with Crippen LogP contribution in [0.15, 0.2) is 4.99 Å². The van der Waals surface area contributed by atoms with Crippen LogP contribution >= 0.6 is 12.2 Å². The Labute approximate surface area is 102 Å². The highest BCUT2D eigenvalue weighted by atomic mass is 32.1. The number of carboxylic acids is 1. The van der Waals surface area contributed by atoms with Crippen molar-refractivity contribution in [3.8, 4) is 0 Å². The second-order valence-corrected chi connectivity index (χ2v) is 3.60. The minimum Gasteiger partial charge on any atom is -0.548 e. The smallest absolute Gasteiger partial charge is 0.325 e. The van der Waals surface area contributed by atoms with Gasteiger partial charge in [-0.25, -0.2) is 9.79 Å². The minimum absolute atomic E-state index is 0.384. The number of aliphatic carboxylic acids is 1. The zero-order chi connectivity index (χ0) is 12.8. The minimum atomic E-state index is -1.47. The van der Waals surface area contributed by atoms with Gasteiger partial charge in [0.15, 0.2) is 0 Å². The lowest BCUT2D eigenvalue weighted by Gasteiger charge is -2.12. The van der Waals surface area contributed by atoms with Crippen LogP contribution in [-0.4, -0.2) is 47.1 Å². The van der Waals surface area contributed by atoms with E-state index < -0.39 is 30.5 Å². The summed E-state index contributed by atoms with van der Waals surface area (Å²) in [7, 11) is 0. The average molecular weight is 256 g/mol. The first-order chi connectivity index (χ1) is 8.06. The van der Waals surface area contributed by atoms with Gasteiger partial charge in [0.2, 0.25) is 0 Å². The number of isothiocyanates is 1. The third kappa shape index (κ3) is 3.61. The molecule has 1 heterocycles. The highest BCUT2D eigenvalue weighted by Crippen LogP contribution is 2.10. The maximum atomic E-state index is 11.6. The molecule has 1 fully saturated rings. The fourth-order valence-corrected chi connectivity index (χ4v) is 1.56. The highest BCUT2D eigenvalue weighted by Gasteiger charge is 2.37. The number of aliphatic imine (C=N–C) groups is 1. The zero-order valence-corrected chi connectivity index (χ0v) is 9.66. The van der Waals surface area contributed by atoms with Gasteiger partial charge in [-0.1, -0.05) is 0 Å². The van der Waals surface area contributed by atoms with Gasteiger partial charge in [-0.3, -0.25) is 9.69 Å². The van der Waals surface area contributed by atoms with E-state index in [4.69, 9.17) is 0 Å². The van der Waals surface area contributed by atoms with Crippen LogP contribution in [0.2, 0.25) is 0 Å². The van der Waals surface area contributed by atoms with Crippen molar-refractivity contribution in [1.82, 2.24) is 10.2 Å². The molecule has 1 unspecified atom stereocenters. The molecule has 1 rings (SSSR count). The number of hydrogen-bond acceptors (Lipinski definition) is 6. The quantitative estimate of drug-likeness (QED) is 0.271. The molecule has 1 atom stereocenters. The number of rotatable bonds is 6. The van der Waals surface area contributed by atoms with Crippen molar-refractivity contribution in [2.45, 2.75) is 18.9 Å². The number of thiocarbonyl (C=S) groups is 1. The van der Waals surface area contributed by atoms with Gasteiger partial charge < -0.3 is 15.2 Å². The van der Waals surface area contributed by atoms with E-state index in [-0.39, 0.29) is 0 Å². The van der Waals surface area contributed by atoms with E-state index in [9.17, 15) is 19.5 Å². The van der Waals surface area contributed by atoms with Crippen LogP contribution in [0, 0.1) is 0 Å². The maximum Gasteiger partial charge on any atom is 0.325 e. The lowest BCUT2D eigenvalue weighted by Crippen LogP contribution is -2.41. The van der Waals surface area contributed by atoms with E-state index in [1.54, 1.807) is 0 Å². The molecule has 3 amide bonds. The Morgan fingerprint density at radius 2 is 2.29 bits per heavy atom. The average Bonchev–Trinajstić information content (AvgIpc) is 2.52. The van der Waals surface area contributed by atoms with E-state index in [1.165, 1.54) is 0 Å². The van der Waals surface area contributed by atoms with Gasteiger partial charge in [-0.05, 0) is 25.1 Å². The lowest BCUT2D eigenvalue weighted by molar-refractivity contribution is -0.305. The van der Waals surface area contributed by atoms with Crippen molar-refractivity contribution >= 4 is 35.3 Å². The van der Waals surface area contributed by atoms with Crippen molar-refractivity contribution in [1.29, 1.82) is 0 Å². The third-order valence-electron chi connectivity index (χ3n) is 2.22. The molecule has 0 aliphatic carbocycles. The fourth-order valence-electron chi connectivity index (χ4n) is 1.47. The summed E-state index contributed by atoms with van der Waals surface area (Å²) >= 11 is 4.37. The number of nitrogens with zero attached hydrogens (tertiary/aromatic N) is 2. The van der Waals surface area contributed by atoms with E-state index in [0.717, 1.165) is 0 Å². The van der Waals surface area contributed by atoms with Gasteiger partial charge in [0, 0.05) is 6.54 Å². The number of urea groups is 1. The maximum absolute atomic E-state index is 11.6. The van der Waals surface area contributed by atoms with Crippen LogP contribution in [0.1, 0.15) is 12.8 Å². The van der Waals surface area contributed by atoms with Crippen molar-refractivity contribution in [2.75, 3.05) is 13.1 Å². The molecule has 0 aromatic carbocycles. The lowest BCUT2D eigenvalue weighted by atomic mass is 10.1. The summed E-state index contributed by atoms with van der Waals surface area (Å²) in [6.45, 7) is -0.303. The largest absolute Gasteiger partial charge is 0.548 e. The molecular formula is C9H10N3O4S-. The SMILES string of the molecule is O=C([O-])CN1C(=O)NC(CCCN=C=S)C1=O. The second kappa shape index (κ2) is 6.07. The first-order valence-electron chi connectivity index (χ1n) is 4.91. The summed E-state index contributed by atoms with van der Waals surface area (Å²) in [5.41, 5.74) is 0. The highest BCUT2D eigenvalue weighted by molar-refractivity contribution is 7.78. The Morgan fingerprint density at radius 1 is 1.59 bits per heavy atom. The number of imide groups is 1. The third-order valence-corrected chi connectivity index (χ3v) is 2.35. The number of carbonyl (C=O) groups excluding carboxylic acids is 3. The molecule has 1 aliphatic rings. The summed E-state index contributed by atoms with van der Waals surface area (Å²) in [6, 6.07) is -1.40. The van der Waals surface area contributed by atoms with E-state index in [2.05, 4.69) is 27.7 Å². The molecule has 1 N–H and O–H groups in total. The molecule has 8 heteroatoms.